The van der Waals surface area contributed by atoms with E-state index < -0.39 is 0 Å². The van der Waals surface area contributed by atoms with Gasteiger partial charge in [-0.3, -0.25) is 4.79 Å². The van der Waals surface area contributed by atoms with Crippen molar-refractivity contribution >= 4 is 34.1 Å². The fourth-order valence-electron chi connectivity index (χ4n) is 7.00. The number of nitrogens with one attached hydrogen (secondary N) is 1. The molecule has 7 rings (SSSR count). The molecule has 1 N–H and O–H groups in total. The number of halogens is 1. The first-order valence-corrected chi connectivity index (χ1v) is 12.4. The summed E-state index contributed by atoms with van der Waals surface area (Å²) in [6.07, 6.45) is 7.91. The van der Waals surface area contributed by atoms with Crippen molar-refractivity contribution in [3.63, 3.8) is 0 Å². The zero-order chi connectivity index (χ0) is 22.6. The van der Waals surface area contributed by atoms with Crippen molar-refractivity contribution in [1.29, 1.82) is 0 Å². The van der Waals surface area contributed by atoms with Crippen molar-refractivity contribution in [2.75, 3.05) is 0 Å². The van der Waals surface area contributed by atoms with Crippen LogP contribution in [0.25, 0.3) is 22.2 Å². The number of para-hydroxylation sites is 1. The minimum Gasteiger partial charge on any atom is -0.267 e. The van der Waals surface area contributed by atoms with Gasteiger partial charge < -0.3 is 0 Å². The molecule has 5 heteroatoms. The third-order valence-corrected chi connectivity index (χ3v) is 8.48. The largest absolute Gasteiger partial charge is 0.272 e. The number of pyridine rings is 1. The minimum atomic E-state index is -0.187. The predicted octanol–water partition coefficient (Wildman–Crippen LogP) is 6.88. The number of hydrogen-bond donors (Lipinski definition) is 1. The van der Waals surface area contributed by atoms with Crippen LogP contribution < -0.4 is 5.43 Å². The molecule has 168 valence electrons. The third kappa shape index (κ3) is 3.74. The molecule has 0 radical (unpaired) electrons. The van der Waals surface area contributed by atoms with Crippen LogP contribution in [0.4, 0.5) is 0 Å². The van der Waals surface area contributed by atoms with Crippen LogP contribution in [0.1, 0.15) is 55.8 Å². The van der Waals surface area contributed by atoms with E-state index in [0.29, 0.717) is 10.6 Å². The van der Waals surface area contributed by atoms with Crippen LogP contribution in [-0.2, 0) is 0 Å². The molecular formula is C28H28ClN3O. The first kappa shape index (κ1) is 20.9. The van der Waals surface area contributed by atoms with Gasteiger partial charge in [0, 0.05) is 27.1 Å². The number of carbonyl (C=O) groups excluding carboxylic acids is 1. The summed E-state index contributed by atoms with van der Waals surface area (Å²) in [6, 6.07) is 17.2. The van der Waals surface area contributed by atoms with E-state index >= 15 is 0 Å². The lowest BCUT2D eigenvalue weighted by Crippen LogP contribution is -2.49. The Morgan fingerprint density at radius 2 is 1.64 bits per heavy atom. The highest BCUT2D eigenvalue weighted by molar-refractivity contribution is 6.30. The summed E-state index contributed by atoms with van der Waals surface area (Å²) in [7, 11) is 0. The Bertz CT molecular complexity index is 1230. The van der Waals surface area contributed by atoms with Gasteiger partial charge in [0.05, 0.1) is 16.8 Å². The Labute approximate surface area is 199 Å². The third-order valence-electron chi connectivity index (χ3n) is 8.23. The second-order valence-electron chi connectivity index (χ2n) is 10.4. The molecule has 4 fully saturated rings. The maximum absolute atomic E-state index is 13.4. The standard InChI is InChI=1S/C28H28ClN3O/c1-17(28-14-18-10-19(15-28)12-20(11-18)16-28)31-32-27(33)24-13-26(21-6-8-22(29)9-7-21)30-25-5-3-2-4-23(24)25/h2-9,13,18-20H,10-12,14-16H2,1H3,(H,32,33). The van der Waals surface area contributed by atoms with E-state index in [1.807, 2.05) is 54.6 Å². The van der Waals surface area contributed by atoms with E-state index in [0.717, 1.165) is 45.6 Å². The summed E-state index contributed by atoms with van der Waals surface area (Å²) in [6.45, 7) is 2.12. The van der Waals surface area contributed by atoms with E-state index in [4.69, 9.17) is 21.7 Å². The predicted molar refractivity (Wildman–Crippen MR) is 133 cm³/mol. The molecular weight excluding hydrogens is 430 g/mol. The summed E-state index contributed by atoms with van der Waals surface area (Å²) in [5.41, 5.74) is 7.25. The number of rotatable bonds is 4. The lowest BCUT2D eigenvalue weighted by Gasteiger charge is -2.56. The second kappa shape index (κ2) is 7.95. The average Bonchev–Trinajstić information content (AvgIpc) is 2.81. The first-order chi connectivity index (χ1) is 16.0. The van der Waals surface area contributed by atoms with Crippen molar-refractivity contribution in [3.8, 4) is 11.3 Å². The molecule has 4 aliphatic rings. The first-order valence-electron chi connectivity index (χ1n) is 12.0. The summed E-state index contributed by atoms with van der Waals surface area (Å²) >= 11 is 6.06. The molecule has 0 aliphatic heterocycles. The summed E-state index contributed by atoms with van der Waals surface area (Å²) < 4.78 is 0. The SMILES string of the molecule is CC(=NNC(=O)c1cc(-c2ccc(Cl)cc2)nc2ccccc12)C12CC3CC(CC(C3)C1)C2. The van der Waals surface area contributed by atoms with Crippen LogP contribution in [0.2, 0.25) is 5.02 Å². The highest BCUT2D eigenvalue weighted by Gasteiger charge is 2.52. The maximum atomic E-state index is 13.4. The van der Waals surface area contributed by atoms with Gasteiger partial charge in [-0.2, -0.15) is 5.10 Å². The second-order valence-corrected chi connectivity index (χ2v) is 10.9. The normalized spacial score (nSPS) is 28.3. The molecule has 0 atom stereocenters. The molecule has 4 saturated carbocycles. The van der Waals surface area contributed by atoms with E-state index in [-0.39, 0.29) is 11.3 Å². The van der Waals surface area contributed by atoms with Crippen LogP contribution in [-0.4, -0.2) is 16.6 Å². The minimum absolute atomic E-state index is 0.187. The highest BCUT2D eigenvalue weighted by Crippen LogP contribution is 2.60. The molecule has 4 nitrogen and oxygen atoms in total. The quantitative estimate of drug-likeness (QED) is 0.343. The molecule has 4 bridgehead atoms. The van der Waals surface area contributed by atoms with Gasteiger partial charge in [0.15, 0.2) is 0 Å². The average molecular weight is 458 g/mol. The van der Waals surface area contributed by atoms with E-state index in [2.05, 4.69) is 12.3 Å². The van der Waals surface area contributed by atoms with Gasteiger partial charge >= 0.3 is 0 Å². The Kier molecular flexibility index (Phi) is 5.02. The number of hydrogen-bond acceptors (Lipinski definition) is 3. The number of fused-ring (bicyclic) bond motifs is 1. The fourth-order valence-corrected chi connectivity index (χ4v) is 7.12. The van der Waals surface area contributed by atoms with Crippen LogP contribution in [0.15, 0.2) is 59.7 Å². The molecule has 2 aromatic carbocycles. The van der Waals surface area contributed by atoms with Crippen LogP contribution >= 0.6 is 11.6 Å². The van der Waals surface area contributed by atoms with E-state index in [1.165, 1.54) is 38.5 Å². The van der Waals surface area contributed by atoms with Gasteiger partial charge in [0.25, 0.3) is 5.91 Å². The number of nitrogens with zero attached hydrogens (tertiary/aromatic N) is 2. The number of carbonyl (C=O) groups is 1. The molecule has 4 aliphatic carbocycles. The molecule has 33 heavy (non-hydrogen) atoms. The number of amides is 1. The van der Waals surface area contributed by atoms with Gasteiger partial charge in [-0.15, -0.1) is 0 Å². The van der Waals surface area contributed by atoms with E-state index in [9.17, 15) is 4.79 Å². The Balaban J connectivity index is 1.31. The fraction of sp³-hybridized carbons (Fsp3) is 0.393. The molecule has 0 spiro atoms. The lowest BCUT2D eigenvalue weighted by atomic mass is 9.48. The molecule has 1 aromatic heterocycles. The molecule has 1 amide bonds. The smallest absolute Gasteiger partial charge is 0.267 e. The topological polar surface area (TPSA) is 54.4 Å². The van der Waals surface area contributed by atoms with Crippen LogP contribution in [0, 0.1) is 23.2 Å². The van der Waals surface area contributed by atoms with Crippen molar-refractivity contribution in [2.24, 2.45) is 28.3 Å². The van der Waals surface area contributed by atoms with E-state index in [1.54, 1.807) is 0 Å². The number of benzene rings is 2. The van der Waals surface area contributed by atoms with Gasteiger partial charge in [-0.25, -0.2) is 10.4 Å². The van der Waals surface area contributed by atoms with Crippen molar-refractivity contribution < 1.29 is 4.79 Å². The summed E-state index contributed by atoms with van der Waals surface area (Å²) in [5.74, 6) is 2.36. The molecule has 0 unspecified atom stereocenters. The van der Waals surface area contributed by atoms with Crippen molar-refractivity contribution in [2.45, 2.75) is 45.4 Å². The van der Waals surface area contributed by atoms with Gasteiger partial charge in [0.1, 0.15) is 0 Å². The molecule has 0 saturated heterocycles. The number of aromatic nitrogens is 1. The van der Waals surface area contributed by atoms with Crippen LogP contribution in [0.5, 0.6) is 0 Å². The maximum Gasteiger partial charge on any atom is 0.272 e. The Morgan fingerprint density at radius 3 is 2.30 bits per heavy atom. The highest BCUT2D eigenvalue weighted by atomic mass is 35.5. The molecule has 1 heterocycles. The Morgan fingerprint density at radius 1 is 1.00 bits per heavy atom. The zero-order valence-corrected chi connectivity index (χ0v) is 19.6. The lowest BCUT2D eigenvalue weighted by molar-refractivity contribution is -0.0128. The van der Waals surface area contributed by atoms with Crippen molar-refractivity contribution in [1.82, 2.24) is 10.4 Å². The summed E-state index contributed by atoms with van der Waals surface area (Å²) in [5, 5.41) is 6.19. The number of hydrazone groups is 1. The zero-order valence-electron chi connectivity index (χ0n) is 18.9. The monoisotopic (exact) mass is 457 g/mol. The summed E-state index contributed by atoms with van der Waals surface area (Å²) in [4.78, 5) is 18.1. The van der Waals surface area contributed by atoms with Crippen molar-refractivity contribution in [3.05, 3.63) is 65.2 Å². The van der Waals surface area contributed by atoms with Gasteiger partial charge in [-0.1, -0.05) is 41.9 Å². The van der Waals surface area contributed by atoms with Gasteiger partial charge in [0.2, 0.25) is 0 Å². The Hall–Kier alpha value is -2.72. The molecule has 3 aromatic rings. The van der Waals surface area contributed by atoms with Crippen LogP contribution in [0.3, 0.4) is 0 Å². The van der Waals surface area contributed by atoms with Gasteiger partial charge in [-0.05, 0) is 87.5 Å².